The Hall–Kier alpha value is -0.760. The van der Waals surface area contributed by atoms with Crippen molar-refractivity contribution in [3.63, 3.8) is 0 Å². The number of rotatable bonds is 2. The molecule has 2 N–H and O–H groups in total. The molecule has 4 amide bonds. The molecule has 2 saturated heterocycles. The van der Waals surface area contributed by atoms with Crippen LogP contribution in [0.1, 0.15) is 0 Å². The summed E-state index contributed by atoms with van der Waals surface area (Å²) in [4.78, 5) is 25.6. The van der Waals surface area contributed by atoms with Crippen molar-refractivity contribution in [2.45, 2.75) is 12.3 Å². The first-order valence-electron chi connectivity index (χ1n) is 4.05. The first-order valence-corrected chi connectivity index (χ1v) is 5.31. The van der Waals surface area contributed by atoms with E-state index in [1.807, 2.05) is 0 Å². The molecule has 0 spiro atoms. The molecule has 2 fully saturated rings. The van der Waals surface area contributed by atoms with Gasteiger partial charge in [0.1, 0.15) is 12.3 Å². The van der Waals surface area contributed by atoms with Gasteiger partial charge < -0.3 is 10.6 Å². The lowest BCUT2D eigenvalue weighted by molar-refractivity contribution is 0.190. The summed E-state index contributed by atoms with van der Waals surface area (Å²) in [6.45, 7) is 0. The van der Waals surface area contributed by atoms with Crippen molar-refractivity contribution in [2.24, 2.45) is 0 Å². The molecular formula is C6H10N4O2S2. The Labute approximate surface area is 91.8 Å². The Bertz CT molecular complexity index is 263. The first-order chi connectivity index (χ1) is 6.69. The summed E-state index contributed by atoms with van der Waals surface area (Å²) in [5.41, 5.74) is 0. The van der Waals surface area contributed by atoms with Crippen molar-refractivity contribution in [1.82, 2.24) is 20.4 Å². The minimum atomic E-state index is -0.334. The van der Waals surface area contributed by atoms with Gasteiger partial charge in [-0.1, -0.05) is 0 Å². The number of nitrogens with zero attached hydrogens (tertiary/aromatic N) is 2. The number of hydrogen-bond donors (Lipinski definition) is 4. The van der Waals surface area contributed by atoms with E-state index in [0.717, 1.165) is 0 Å². The van der Waals surface area contributed by atoms with Crippen molar-refractivity contribution < 1.29 is 9.59 Å². The number of hydrogen-bond acceptors (Lipinski definition) is 4. The fourth-order valence-corrected chi connectivity index (χ4v) is 2.26. The van der Waals surface area contributed by atoms with Gasteiger partial charge in [-0.3, -0.25) is 9.80 Å². The van der Waals surface area contributed by atoms with E-state index in [2.05, 4.69) is 35.9 Å². The maximum Gasteiger partial charge on any atom is 0.324 e. The van der Waals surface area contributed by atoms with Gasteiger partial charge in [0.25, 0.3) is 0 Å². The molecule has 2 unspecified atom stereocenters. The second-order valence-electron chi connectivity index (χ2n) is 3.01. The topological polar surface area (TPSA) is 64.7 Å². The third-order valence-electron chi connectivity index (χ3n) is 2.32. The number of urea groups is 2. The quantitative estimate of drug-likeness (QED) is 0.485. The normalized spacial score (nSPS) is 30.4. The average molecular weight is 234 g/mol. The first kappa shape index (κ1) is 9.78. The summed E-state index contributed by atoms with van der Waals surface area (Å²) in [5, 5.41) is 5.28. The van der Waals surface area contributed by atoms with Crippen molar-refractivity contribution >= 4 is 37.3 Å². The molecule has 2 rings (SSSR count). The molecular weight excluding hydrogens is 224 g/mol. The maximum absolute atomic E-state index is 11.7. The number of amides is 4. The Kier molecular flexibility index (Phi) is 2.40. The Morgan fingerprint density at radius 1 is 1.07 bits per heavy atom. The zero-order valence-electron chi connectivity index (χ0n) is 7.17. The Morgan fingerprint density at radius 3 is 1.86 bits per heavy atom. The molecule has 0 aromatic heterocycles. The van der Waals surface area contributed by atoms with Gasteiger partial charge in [0, 0.05) is 0 Å². The van der Waals surface area contributed by atoms with E-state index in [0.29, 0.717) is 0 Å². The highest BCUT2D eigenvalue weighted by Crippen LogP contribution is 2.23. The van der Waals surface area contributed by atoms with Crippen LogP contribution in [0, 0.1) is 0 Å². The van der Waals surface area contributed by atoms with Crippen LogP contribution in [0.4, 0.5) is 9.59 Å². The van der Waals surface area contributed by atoms with Gasteiger partial charge in [0.2, 0.25) is 0 Å². The molecule has 2 heterocycles. The predicted molar refractivity (Wildman–Crippen MR) is 56.0 cm³/mol. The Morgan fingerprint density at radius 2 is 1.50 bits per heavy atom. The molecule has 0 aromatic carbocycles. The van der Waals surface area contributed by atoms with Crippen LogP contribution in [0.5, 0.6) is 0 Å². The zero-order chi connectivity index (χ0) is 10.3. The number of nitrogens with one attached hydrogen (secondary N) is 2. The summed E-state index contributed by atoms with van der Waals surface area (Å²) < 4.78 is 0. The van der Waals surface area contributed by atoms with Gasteiger partial charge >= 0.3 is 12.1 Å². The molecule has 6 nitrogen and oxygen atoms in total. The predicted octanol–water partition coefficient (Wildman–Crippen LogP) is -0.536. The maximum atomic E-state index is 11.7. The summed E-state index contributed by atoms with van der Waals surface area (Å²) >= 11 is 8.08. The fourth-order valence-electron chi connectivity index (χ4n) is 1.66. The number of carbonyl (C=O) groups is 2. The lowest BCUT2D eigenvalue weighted by Gasteiger charge is -2.18. The van der Waals surface area contributed by atoms with E-state index < -0.39 is 0 Å². The molecule has 78 valence electrons. The third kappa shape index (κ3) is 1.21. The lowest BCUT2D eigenvalue weighted by atomic mass is 10.4. The van der Waals surface area contributed by atoms with Crippen LogP contribution in [0.3, 0.4) is 0 Å². The molecule has 14 heavy (non-hydrogen) atoms. The van der Waals surface area contributed by atoms with E-state index in [1.54, 1.807) is 0 Å². The lowest BCUT2D eigenvalue weighted by Crippen LogP contribution is -2.42. The SMILES string of the molecule is O=C1NC2C(N1)N(CS)C(=O)N2CS. The molecule has 0 saturated carbocycles. The largest absolute Gasteiger partial charge is 0.324 e. The van der Waals surface area contributed by atoms with Crippen LogP contribution < -0.4 is 10.6 Å². The molecule has 2 aliphatic rings. The molecule has 0 aromatic rings. The van der Waals surface area contributed by atoms with E-state index in [9.17, 15) is 9.59 Å². The second-order valence-corrected chi connectivity index (χ2v) is 3.58. The standard InChI is InChI=1S/C6H10N4O2S2/c11-5-7-3-4(8-5)10(2-14)6(12)9(3)1-13/h3-4,13-14H,1-2H2,(H2,7,8,11). The molecule has 0 bridgehead atoms. The molecule has 0 radical (unpaired) electrons. The summed E-state index contributed by atoms with van der Waals surface area (Å²) in [5.74, 6) is 0.540. The molecule has 0 aliphatic carbocycles. The minimum absolute atomic E-state index is 0.169. The number of carbonyl (C=O) groups excluding carboxylic acids is 2. The smallest absolute Gasteiger partial charge is 0.314 e. The molecule has 2 atom stereocenters. The van der Waals surface area contributed by atoms with Gasteiger partial charge in [-0.25, -0.2) is 9.59 Å². The van der Waals surface area contributed by atoms with Gasteiger partial charge in [-0.2, -0.15) is 25.3 Å². The van der Waals surface area contributed by atoms with E-state index >= 15 is 0 Å². The summed E-state index contributed by atoms with van der Waals surface area (Å²) in [7, 11) is 0. The van der Waals surface area contributed by atoms with Crippen LogP contribution in [0.25, 0.3) is 0 Å². The monoisotopic (exact) mass is 234 g/mol. The van der Waals surface area contributed by atoms with E-state index in [1.165, 1.54) is 9.80 Å². The highest BCUT2D eigenvalue weighted by molar-refractivity contribution is 7.80. The zero-order valence-corrected chi connectivity index (χ0v) is 8.96. The number of thiol groups is 2. The van der Waals surface area contributed by atoms with E-state index in [4.69, 9.17) is 0 Å². The Balaban J connectivity index is 2.24. The van der Waals surface area contributed by atoms with Crippen LogP contribution in [-0.4, -0.2) is 45.9 Å². The van der Waals surface area contributed by atoms with Crippen molar-refractivity contribution in [2.75, 3.05) is 11.8 Å². The average Bonchev–Trinajstić information content (AvgIpc) is 2.59. The number of fused-ring (bicyclic) bond motifs is 1. The van der Waals surface area contributed by atoms with Crippen molar-refractivity contribution in [3.8, 4) is 0 Å². The van der Waals surface area contributed by atoms with Gasteiger partial charge in [-0.05, 0) is 0 Å². The van der Waals surface area contributed by atoms with Crippen LogP contribution in [0.15, 0.2) is 0 Å². The van der Waals surface area contributed by atoms with Gasteiger partial charge in [0.05, 0.1) is 11.8 Å². The fraction of sp³-hybridized carbons (Fsp3) is 0.667. The molecule has 8 heteroatoms. The van der Waals surface area contributed by atoms with Crippen LogP contribution >= 0.6 is 25.3 Å². The summed E-state index contributed by atoms with van der Waals surface area (Å²) in [6, 6.07) is -0.441. The van der Waals surface area contributed by atoms with Gasteiger partial charge in [-0.15, -0.1) is 0 Å². The highest BCUT2D eigenvalue weighted by atomic mass is 32.1. The van der Waals surface area contributed by atoms with E-state index in [-0.39, 0.29) is 36.1 Å². The van der Waals surface area contributed by atoms with Crippen LogP contribution in [0.2, 0.25) is 0 Å². The third-order valence-corrected chi connectivity index (χ3v) is 2.93. The van der Waals surface area contributed by atoms with Crippen LogP contribution in [-0.2, 0) is 0 Å². The van der Waals surface area contributed by atoms with Gasteiger partial charge in [0.15, 0.2) is 0 Å². The molecule has 2 aliphatic heterocycles. The van der Waals surface area contributed by atoms with Crippen molar-refractivity contribution in [3.05, 3.63) is 0 Å². The summed E-state index contributed by atoms with van der Waals surface area (Å²) in [6.07, 6.45) is -0.667. The second kappa shape index (κ2) is 3.43. The highest BCUT2D eigenvalue weighted by Gasteiger charge is 2.49. The van der Waals surface area contributed by atoms with Crippen molar-refractivity contribution in [1.29, 1.82) is 0 Å². The minimum Gasteiger partial charge on any atom is -0.314 e.